The van der Waals surface area contributed by atoms with Crippen molar-refractivity contribution in [3.8, 4) is 0 Å². The van der Waals surface area contributed by atoms with Gasteiger partial charge in [-0.1, -0.05) is 38.2 Å². The Morgan fingerprint density at radius 1 is 1.17 bits per heavy atom. The van der Waals surface area contributed by atoms with Crippen molar-refractivity contribution in [3.63, 3.8) is 0 Å². The number of rotatable bonds is 3. The van der Waals surface area contributed by atoms with E-state index in [1.165, 1.54) is 11.1 Å². The van der Waals surface area contributed by atoms with E-state index in [0.717, 1.165) is 25.7 Å². The summed E-state index contributed by atoms with van der Waals surface area (Å²) in [6.45, 7) is 15.4. The smallest absolute Gasteiger partial charge is 0.232 e. The van der Waals surface area contributed by atoms with Gasteiger partial charge >= 0.3 is 0 Å². The van der Waals surface area contributed by atoms with E-state index in [4.69, 9.17) is 0 Å². The Bertz CT molecular complexity index is 178. The van der Waals surface area contributed by atoms with Crippen LogP contribution >= 0.6 is 0 Å². The van der Waals surface area contributed by atoms with Crippen molar-refractivity contribution in [1.29, 1.82) is 0 Å². The van der Waals surface area contributed by atoms with Gasteiger partial charge in [0.05, 0.1) is 0 Å². The summed E-state index contributed by atoms with van der Waals surface area (Å²) in [5.74, 6) is 0. The van der Waals surface area contributed by atoms with Crippen molar-refractivity contribution in [3.05, 3.63) is 24.3 Å². The van der Waals surface area contributed by atoms with Gasteiger partial charge in [-0.3, -0.25) is 0 Å². The molecule has 0 aromatic rings. The highest BCUT2D eigenvalue weighted by Crippen LogP contribution is 2.30. The Balaban J connectivity index is 2.55. The van der Waals surface area contributed by atoms with Crippen LogP contribution in [0.25, 0.3) is 0 Å². The molecule has 66 valence electrons. The van der Waals surface area contributed by atoms with Gasteiger partial charge in [0, 0.05) is 0 Å². The van der Waals surface area contributed by atoms with Crippen molar-refractivity contribution in [2.45, 2.75) is 26.5 Å². The third-order valence-electron chi connectivity index (χ3n) is 2.79. The quantitative estimate of drug-likeness (QED) is 0.577. The average Bonchev–Trinajstić information content (AvgIpc) is 2.35. The maximum atomic E-state index is 4.01. The van der Waals surface area contributed by atoms with Gasteiger partial charge in [0.25, 0.3) is 0 Å². The first-order chi connectivity index (χ1) is 5.69. The third kappa shape index (κ3) is 1.81. The molecule has 0 amide bonds. The predicted octanol–water partition coefficient (Wildman–Crippen LogP) is 2.45. The fraction of sp³-hybridized carbons (Fsp3) is 0.600. The Morgan fingerprint density at radius 3 is 1.92 bits per heavy atom. The normalized spacial score (nSPS) is 18.1. The molecule has 1 rings (SSSR count). The monoisotopic (exact) mass is 163 g/mol. The van der Waals surface area contributed by atoms with Crippen LogP contribution in [0.15, 0.2) is 24.3 Å². The lowest BCUT2D eigenvalue weighted by molar-refractivity contribution is 0.481. The van der Waals surface area contributed by atoms with E-state index in [1.807, 2.05) is 0 Å². The summed E-state index contributed by atoms with van der Waals surface area (Å²) in [5.41, 5.74) is 2.51. The summed E-state index contributed by atoms with van der Waals surface area (Å²) < 4.78 is 0. The average molecular weight is 163 g/mol. The molecular formula is C10H18BN. The lowest BCUT2D eigenvalue weighted by Gasteiger charge is -2.22. The number of hydrogen-bond donors (Lipinski definition) is 0. The van der Waals surface area contributed by atoms with E-state index < -0.39 is 0 Å². The fourth-order valence-electron chi connectivity index (χ4n) is 1.93. The molecule has 1 heterocycles. The van der Waals surface area contributed by atoms with Gasteiger partial charge in [0.2, 0.25) is 6.85 Å². The van der Waals surface area contributed by atoms with Gasteiger partial charge in [0.1, 0.15) is 0 Å². The summed E-state index contributed by atoms with van der Waals surface area (Å²) in [5, 5.41) is 0. The number of nitrogens with zero attached hydrogens (tertiary/aromatic N) is 1. The zero-order valence-corrected chi connectivity index (χ0v) is 8.27. The SMILES string of the molecule is C=C1CB(N(CC)CC)CC1=C. The molecule has 12 heavy (non-hydrogen) atoms. The maximum Gasteiger partial charge on any atom is 0.232 e. The fourth-order valence-corrected chi connectivity index (χ4v) is 1.93. The summed E-state index contributed by atoms with van der Waals surface area (Å²) in [7, 11) is 0. The van der Waals surface area contributed by atoms with Crippen LogP contribution in [0, 0.1) is 0 Å². The number of allylic oxidation sites excluding steroid dienone is 2. The van der Waals surface area contributed by atoms with E-state index >= 15 is 0 Å². The molecule has 0 saturated carbocycles. The Hall–Kier alpha value is -0.495. The molecule has 1 nitrogen and oxygen atoms in total. The topological polar surface area (TPSA) is 3.24 Å². The van der Waals surface area contributed by atoms with Gasteiger partial charge in [-0.2, -0.15) is 0 Å². The minimum Gasteiger partial charge on any atom is -0.342 e. The van der Waals surface area contributed by atoms with E-state index in [0.29, 0.717) is 6.85 Å². The molecule has 0 bridgehead atoms. The molecule has 0 aromatic carbocycles. The molecule has 0 aromatic heterocycles. The second-order valence-electron chi connectivity index (χ2n) is 3.49. The van der Waals surface area contributed by atoms with Crippen LogP contribution in [0.1, 0.15) is 13.8 Å². The maximum absolute atomic E-state index is 4.01. The zero-order valence-electron chi connectivity index (χ0n) is 8.27. The van der Waals surface area contributed by atoms with Crippen molar-refractivity contribution in [1.82, 2.24) is 4.81 Å². The Kier molecular flexibility index (Phi) is 3.16. The van der Waals surface area contributed by atoms with E-state index in [-0.39, 0.29) is 0 Å². The second kappa shape index (κ2) is 3.95. The lowest BCUT2D eigenvalue weighted by Crippen LogP contribution is -2.36. The van der Waals surface area contributed by atoms with E-state index in [1.54, 1.807) is 0 Å². The molecule has 2 heteroatoms. The molecule has 1 saturated heterocycles. The highest BCUT2D eigenvalue weighted by atomic mass is 15.0. The van der Waals surface area contributed by atoms with Gasteiger partial charge in [-0.15, -0.1) is 0 Å². The molecule has 0 atom stereocenters. The van der Waals surface area contributed by atoms with Crippen LogP contribution in [0.5, 0.6) is 0 Å². The molecule has 0 spiro atoms. The van der Waals surface area contributed by atoms with Gasteiger partial charge in [-0.25, -0.2) is 0 Å². The third-order valence-corrected chi connectivity index (χ3v) is 2.79. The molecule has 1 fully saturated rings. The molecular weight excluding hydrogens is 145 g/mol. The van der Waals surface area contributed by atoms with Crippen LogP contribution in [-0.2, 0) is 0 Å². The van der Waals surface area contributed by atoms with E-state index in [2.05, 4.69) is 31.8 Å². The van der Waals surface area contributed by atoms with Crippen molar-refractivity contribution < 1.29 is 0 Å². The molecule has 0 unspecified atom stereocenters. The molecule has 1 aliphatic rings. The van der Waals surface area contributed by atoms with Crippen LogP contribution in [0.2, 0.25) is 12.6 Å². The van der Waals surface area contributed by atoms with Crippen LogP contribution in [0.4, 0.5) is 0 Å². The molecule has 0 N–H and O–H groups in total. The number of hydrogen-bond acceptors (Lipinski definition) is 1. The van der Waals surface area contributed by atoms with Crippen molar-refractivity contribution >= 4 is 6.85 Å². The summed E-state index contributed by atoms with van der Waals surface area (Å²) >= 11 is 0. The van der Waals surface area contributed by atoms with Crippen LogP contribution in [-0.4, -0.2) is 24.7 Å². The molecule has 0 radical (unpaired) electrons. The second-order valence-corrected chi connectivity index (χ2v) is 3.49. The lowest BCUT2D eigenvalue weighted by atomic mass is 9.58. The van der Waals surface area contributed by atoms with Crippen molar-refractivity contribution in [2.75, 3.05) is 13.1 Å². The largest absolute Gasteiger partial charge is 0.342 e. The highest BCUT2D eigenvalue weighted by Gasteiger charge is 2.28. The van der Waals surface area contributed by atoms with Gasteiger partial charge in [-0.05, 0) is 25.7 Å². The molecule has 0 aliphatic carbocycles. The summed E-state index contributed by atoms with van der Waals surface area (Å²) in [4.78, 5) is 2.49. The molecule has 1 aliphatic heterocycles. The summed E-state index contributed by atoms with van der Waals surface area (Å²) in [6.07, 6.45) is 2.25. The first kappa shape index (κ1) is 9.59. The van der Waals surface area contributed by atoms with Gasteiger partial charge in [0.15, 0.2) is 0 Å². The highest BCUT2D eigenvalue weighted by molar-refractivity contribution is 6.59. The van der Waals surface area contributed by atoms with Crippen LogP contribution < -0.4 is 0 Å². The zero-order chi connectivity index (χ0) is 9.14. The van der Waals surface area contributed by atoms with E-state index in [9.17, 15) is 0 Å². The first-order valence-electron chi connectivity index (χ1n) is 4.79. The first-order valence-corrected chi connectivity index (χ1v) is 4.79. The minimum atomic E-state index is 0.681. The van der Waals surface area contributed by atoms with Crippen LogP contribution in [0.3, 0.4) is 0 Å². The van der Waals surface area contributed by atoms with Crippen molar-refractivity contribution in [2.24, 2.45) is 0 Å². The minimum absolute atomic E-state index is 0.681. The predicted molar refractivity (Wildman–Crippen MR) is 56.6 cm³/mol. The standard InChI is InChI=1S/C10H18BN/c1-5-12(6-2)11-7-9(3)10(4)8-11/h3-8H2,1-2H3. The van der Waals surface area contributed by atoms with Gasteiger partial charge < -0.3 is 4.81 Å². The summed E-state index contributed by atoms with van der Waals surface area (Å²) in [6, 6.07) is 0. The Labute approximate surface area is 76.2 Å². The Morgan fingerprint density at radius 2 is 1.58 bits per heavy atom.